The Balaban J connectivity index is 2.46. The molecule has 0 saturated carbocycles. The summed E-state index contributed by atoms with van der Waals surface area (Å²) in [5.74, 6) is 0.226. The first kappa shape index (κ1) is 11.4. The zero-order valence-corrected chi connectivity index (χ0v) is 8.79. The number of ketones is 1. The van der Waals surface area contributed by atoms with E-state index in [9.17, 15) is 4.79 Å². The van der Waals surface area contributed by atoms with Gasteiger partial charge < -0.3 is 10.5 Å². The lowest BCUT2D eigenvalue weighted by Gasteiger charge is -2.24. The molecule has 1 fully saturated rings. The normalized spacial score (nSPS) is 31.7. The summed E-state index contributed by atoms with van der Waals surface area (Å²) in [5.41, 5.74) is 5.40. The van der Waals surface area contributed by atoms with Crippen molar-refractivity contribution in [3.63, 3.8) is 0 Å². The molecule has 0 aromatic heterocycles. The van der Waals surface area contributed by atoms with Gasteiger partial charge in [-0.25, -0.2) is 0 Å². The summed E-state index contributed by atoms with van der Waals surface area (Å²) in [5, 5.41) is 0. The molecular formula is C11H19NO2. The summed E-state index contributed by atoms with van der Waals surface area (Å²) >= 11 is 0. The number of carbonyl (C=O) groups is 1. The second-order valence-corrected chi connectivity index (χ2v) is 4.14. The van der Waals surface area contributed by atoms with Crippen LogP contribution in [0.3, 0.4) is 0 Å². The fraction of sp³-hybridized carbons (Fsp3) is 0.727. The molecule has 0 aromatic rings. The van der Waals surface area contributed by atoms with Crippen molar-refractivity contribution in [1.29, 1.82) is 0 Å². The maximum Gasteiger partial charge on any atom is 0.142 e. The van der Waals surface area contributed by atoms with Crippen LogP contribution in [0.4, 0.5) is 0 Å². The van der Waals surface area contributed by atoms with Crippen LogP contribution in [0.5, 0.6) is 0 Å². The Morgan fingerprint density at radius 2 is 2.50 bits per heavy atom. The molecular weight excluding hydrogens is 178 g/mol. The quantitative estimate of drug-likeness (QED) is 0.533. The smallest absolute Gasteiger partial charge is 0.142 e. The van der Waals surface area contributed by atoms with Crippen LogP contribution in [0.2, 0.25) is 0 Å². The van der Waals surface area contributed by atoms with Gasteiger partial charge in [0.15, 0.2) is 0 Å². The Hall–Kier alpha value is -0.670. The molecule has 3 heteroatoms. The van der Waals surface area contributed by atoms with Crippen molar-refractivity contribution in [2.45, 2.75) is 32.2 Å². The Morgan fingerprint density at radius 1 is 1.79 bits per heavy atom. The van der Waals surface area contributed by atoms with Gasteiger partial charge in [0.05, 0.1) is 18.6 Å². The van der Waals surface area contributed by atoms with Gasteiger partial charge >= 0.3 is 0 Å². The van der Waals surface area contributed by atoms with Crippen molar-refractivity contribution < 1.29 is 9.53 Å². The molecule has 2 unspecified atom stereocenters. The molecule has 0 radical (unpaired) electrons. The van der Waals surface area contributed by atoms with Crippen LogP contribution in [-0.2, 0) is 9.53 Å². The maximum atomic E-state index is 11.9. The fourth-order valence-electron chi connectivity index (χ4n) is 1.67. The molecule has 1 rings (SSSR count). The van der Waals surface area contributed by atoms with E-state index in [2.05, 4.69) is 6.58 Å². The van der Waals surface area contributed by atoms with Gasteiger partial charge in [-0.05, 0) is 19.8 Å². The molecule has 0 amide bonds. The lowest BCUT2D eigenvalue weighted by atomic mass is 9.79. The van der Waals surface area contributed by atoms with E-state index in [0.717, 1.165) is 12.8 Å². The molecule has 0 aliphatic carbocycles. The largest absolute Gasteiger partial charge is 0.379 e. The summed E-state index contributed by atoms with van der Waals surface area (Å²) in [7, 11) is 0. The molecule has 14 heavy (non-hydrogen) atoms. The molecule has 1 heterocycles. The predicted molar refractivity (Wildman–Crippen MR) is 56.0 cm³/mol. The highest BCUT2D eigenvalue weighted by atomic mass is 16.5. The minimum Gasteiger partial charge on any atom is -0.379 e. The standard InChI is InChI=1S/C11H19NO2/c1-3-4-5-6-10(13)11(2)8-14-7-9(11)12/h3,9H,1,4-8,12H2,2H3. The highest BCUT2D eigenvalue weighted by Crippen LogP contribution is 2.29. The SMILES string of the molecule is C=CCCCC(=O)C1(C)COCC1N. The number of nitrogens with two attached hydrogens (primary N) is 1. The lowest BCUT2D eigenvalue weighted by molar-refractivity contribution is -0.128. The number of Topliss-reactive ketones (excluding diaryl/α,β-unsaturated/α-hetero) is 1. The van der Waals surface area contributed by atoms with E-state index in [1.54, 1.807) is 0 Å². The molecule has 0 spiro atoms. The third-order valence-electron chi connectivity index (χ3n) is 2.97. The van der Waals surface area contributed by atoms with E-state index in [1.807, 2.05) is 13.0 Å². The lowest BCUT2D eigenvalue weighted by Crippen LogP contribution is -2.44. The molecule has 1 aliphatic heterocycles. The fourth-order valence-corrected chi connectivity index (χ4v) is 1.67. The van der Waals surface area contributed by atoms with Gasteiger partial charge in [-0.15, -0.1) is 6.58 Å². The second kappa shape index (κ2) is 4.71. The summed E-state index contributed by atoms with van der Waals surface area (Å²) in [6, 6.07) is -0.140. The van der Waals surface area contributed by atoms with Crippen LogP contribution < -0.4 is 5.73 Å². The van der Waals surface area contributed by atoms with Crippen LogP contribution >= 0.6 is 0 Å². The van der Waals surface area contributed by atoms with E-state index in [4.69, 9.17) is 10.5 Å². The van der Waals surface area contributed by atoms with Crippen molar-refractivity contribution >= 4 is 5.78 Å². The highest BCUT2D eigenvalue weighted by molar-refractivity contribution is 5.85. The van der Waals surface area contributed by atoms with Crippen LogP contribution in [-0.4, -0.2) is 25.0 Å². The van der Waals surface area contributed by atoms with E-state index in [-0.39, 0.29) is 11.8 Å². The molecule has 2 N–H and O–H groups in total. The van der Waals surface area contributed by atoms with Crippen molar-refractivity contribution in [2.75, 3.05) is 13.2 Å². The number of rotatable bonds is 5. The Kier molecular flexibility index (Phi) is 3.84. The van der Waals surface area contributed by atoms with Crippen LogP contribution in [0.25, 0.3) is 0 Å². The average molecular weight is 197 g/mol. The Bertz CT molecular complexity index is 227. The topological polar surface area (TPSA) is 52.3 Å². The predicted octanol–water partition coefficient (Wildman–Crippen LogP) is 1.28. The number of ether oxygens (including phenoxy) is 1. The van der Waals surface area contributed by atoms with Crippen LogP contribution in [0.15, 0.2) is 12.7 Å². The van der Waals surface area contributed by atoms with Gasteiger partial charge in [0.1, 0.15) is 5.78 Å². The highest BCUT2D eigenvalue weighted by Gasteiger charge is 2.43. The van der Waals surface area contributed by atoms with Gasteiger partial charge in [-0.3, -0.25) is 4.79 Å². The first-order valence-corrected chi connectivity index (χ1v) is 5.09. The van der Waals surface area contributed by atoms with Crippen molar-refractivity contribution in [1.82, 2.24) is 0 Å². The van der Waals surface area contributed by atoms with Gasteiger partial charge in [0.25, 0.3) is 0 Å². The molecule has 80 valence electrons. The average Bonchev–Trinajstić information content (AvgIpc) is 2.49. The molecule has 3 nitrogen and oxygen atoms in total. The van der Waals surface area contributed by atoms with Crippen molar-refractivity contribution in [3.05, 3.63) is 12.7 Å². The molecule has 0 bridgehead atoms. The third kappa shape index (κ3) is 2.22. The Morgan fingerprint density at radius 3 is 3.00 bits per heavy atom. The first-order valence-electron chi connectivity index (χ1n) is 5.09. The van der Waals surface area contributed by atoms with E-state index >= 15 is 0 Å². The Labute approximate surface area is 85.3 Å². The number of allylic oxidation sites excluding steroid dienone is 1. The van der Waals surface area contributed by atoms with E-state index in [1.165, 1.54) is 0 Å². The van der Waals surface area contributed by atoms with Gasteiger partial charge in [0, 0.05) is 12.5 Å². The van der Waals surface area contributed by atoms with Crippen molar-refractivity contribution in [2.24, 2.45) is 11.1 Å². The zero-order valence-electron chi connectivity index (χ0n) is 8.79. The summed E-state index contributed by atoms with van der Waals surface area (Å²) < 4.78 is 5.23. The third-order valence-corrected chi connectivity index (χ3v) is 2.97. The van der Waals surface area contributed by atoms with Crippen LogP contribution in [0.1, 0.15) is 26.2 Å². The number of unbranched alkanes of at least 4 members (excludes halogenated alkanes) is 1. The minimum absolute atomic E-state index is 0.140. The number of hydrogen-bond acceptors (Lipinski definition) is 3. The zero-order chi connectivity index (χ0) is 10.6. The van der Waals surface area contributed by atoms with E-state index in [0.29, 0.717) is 19.6 Å². The molecule has 1 saturated heterocycles. The molecule has 0 aromatic carbocycles. The van der Waals surface area contributed by atoms with Gasteiger partial charge in [-0.2, -0.15) is 0 Å². The monoisotopic (exact) mass is 197 g/mol. The minimum atomic E-state index is -0.457. The number of carbonyl (C=O) groups excluding carboxylic acids is 1. The summed E-state index contributed by atoms with van der Waals surface area (Å²) in [6.07, 6.45) is 4.17. The van der Waals surface area contributed by atoms with Crippen molar-refractivity contribution in [3.8, 4) is 0 Å². The van der Waals surface area contributed by atoms with E-state index < -0.39 is 5.41 Å². The maximum absolute atomic E-state index is 11.9. The molecule has 1 aliphatic rings. The second-order valence-electron chi connectivity index (χ2n) is 4.14. The summed E-state index contributed by atoms with van der Waals surface area (Å²) in [6.45, 7) is 6.51. The molecule has 2 atom stereocenters. The summed E-state index contributed by atoms with van der Waals surface area (Å²) in [4.78, 5) is 11.9. The van der Waals surface area contributed by atoms with Gasteiger partial charge in [0.2, 0.25) is 0 Å². The first-order chi connectivity index (χ1) is 6.61. The van der Waals surface area contributed by atoms with Crippen LogP contribution in [0, 0.1) is 5.41 Å². The number of hydrogen-bond donors (Lipinski definition) is 1. The van der Waals surface area contributed by atoms with Gasteiger partial charge in [-0.1, -0.05) is 6.08 Å².